The van der Waals surface area contributed by atoms with Gasteiger partial charge < -0.3 is 134 Å². The lowest BCUT2D eigenvalue weighted by molar-refractivity contribution is -0.156. The van der Waals surface area contributed by atoms with Gasteiger partial charge in [-0.3, -0.25) is 14.4 Å². The third-order valence-corrected chi connectivity index (χ3v) is 20.2. The van der Waals surface area contributed by atoms with Gasteiger partial charge in [0, 0.05) is 33.1 Å². The monoisotopic (exact) mass is 1750 g/mol. The summed E-state index contributed by atoms with van der Waals surface area (Å²) in [7, 11) is 1.58. The van der Waals surface area contributed by atoms with E-state index in [2.05, 4.69) is 15.6 Å². The molecule has 0 aromatic carbocycles. The Labute approximate surface area is 721 Å². The fourth-order valence-corrected chi connectivity index (χ4v) is 13.4. The molecule has 2 aliphatic rings. The van der Waals surface area contributed by atoms with Crippen LogP contribution < -0.4 is 5.32 Å². The number of ketones is 1. The van der Waals surface area contributed by atoms with Crippen LogP contribution in [0.2, 0.25) is 0 Å². The summed E-state index contributed by atoms with van der Waals surface area (Å²) in [6, 6.07) is 0. The smallest absolute Gasteiger partial charge is 0.406 e. The van der Waals surface area contributed by atoms with Crippen LogP contribution in [0, 0.1) is 23.2 Å². The highest BCUT2D eigenvalue weighted by Gasteiger charge is 2.50. The zero-order chi connectivity index (χ0) is 86.4. The van der Waals surface area contributed by atoms with Crippen molar-refractivity contribution in [1.82, 2.24) is 20.3 Å². The molecule has 0 spiro atoms. The van der Waals surface area contributed by atoms with Gasteiger partial charge in [0.15, 0.2) is 0 Å². The molecule has 0 radical (unpaired) electrons. The van der Waals surface area contributed by atoms with E-state index >= 15 is 0 Å². The van der Waals surface area contributed by atoms with Crippen molar-refractivity contribution in [3.8, 4) is 0 Å². The third kappa shape index (κ3) is 67.1. The minimum absolute atomic E-state index is 0.163. The second kappa shape index (κ2) is 85.5. The summed E-state index contributed by atoms with van der Waals surface area (Å²) in [5.74, 6) is -0.325. The number of carboxylic acids is 2. The number of aliphatic carboxylic acids is 2. The summed E-state index contributed by atoms with van der Waals surface area (Å²) in [6.07, 6.45) is 21.3. The molecule has 4 atom stereocenters. The van der Waals surface area contributed by atoms with Gasteiger partial charge in [-0.2, -0.15) is 0 Å². The van der Waals surface area contributed by atoms with E-state index in [0.29, 0.717) is 373 Å². The Bertz CT molecular complexity index is 2450. The number of aliphatic hydroxyl groups is 1. The van der Waals surface area contributed by atoms with Crippen LogP contribution in [0.3, 0.4) is 0 Å². The number of carbonyl (C=O) groups excluding carboxylic acids is 2. The minimum atomic E-state index is -1.37. The average molecular weight is 1750 g/mol. The summed E-state index contributed by atoms with van der Waals surface area (Å²) in [5.41, 5.74) is 0.909. The number of aliphatic hydroxyl groups excluding tert-OH is 1. The summed E-state index contributed by atoms with van der Waals surface area (Å²) < 4.78 is 136. The highest BCUT2D eigenvalue weighted by atomic mass is 16.6. The Hall–Kier alpha value is -3.94. The van der Waals surface area contributed by atoms with Crippen molar-refractivity contribution in [2.45, 2.75) is 173 Å². The number of unbranched alkanes of at least 4 members (excludes halogenated alkanes) is 15. The maximum atomic E-state index is 13.7. The lowest BCUT2D eigenvalue weighted by Gasteiger charge is -2.28. The van der Waals surface area contributed by atoms with Crippen molar-refractivity contribution in [2.75, 3.05) is 324 Å². The summed E-state index contributed by atoms with van der Waals surface area (Å²) >= 11 is 0. The van der Waals surface area contributed by atoms with E-state index in [4.69, 9.17) is 124 Å². The van der Waals surface area contributed by atoms with Gasteiger partial charge in [0.25, 0.3) is 0 Å². The SMILES string of the molecule is CNC(=O)OC[C@@H]1[C@@H]2CCc3nnn(CCOCCOCCOCCOCCOCCOCCOCCOCCOCCOCCOCCOCCOCCOCCOCCOCCOCCOCCOCCOCCOCCOCCOCCCC(=O)C(CCCCCCCCCCCO)(CCCCCCCCCCC(=O)O)C(=O)O)c3CC[C@@H]21. The lowest BCUT2D eigenvalue weighted by atomic mass is 9.73. The maximum absolute atomic E-state index is 13.7. The number of aryl methyl sites for hydroxylation is 1. The van der Waals surface area contributed by atoms with Crippen LogP contribution in [-0.4, -0.2) is 378 Å². The number of aromatic nitrogens is 3. The number of rotatable bonds is 99. The molecule has 1 amide bonds. The molecule has 0 bridgehead atoms. The molecule has 35 heteroatoms. The third-order valence-electron chi connectivity index (χ3n) is 20.2. The van der Waals surface area contributed by atoms with E-state index in [1.54, 1.807) is 7.05 Å². The van der Waals surface area contributed by atoms with Gasteiger partial charge in [-0.05, 0) is 75.5 Å². The van der Waals surface area contributed by atoms with E-state index in [1.165, 1.54) is 5.69 Å². The summed E-state index contributed by atoms with van der Waals surface area (Å²) in [5, 5.41) is 39.7. The number of carbonyl (C=O) groups is 4. The van der Waals surface area contributed by atoms with Crippen molar-refractivity contribution in [1.29, 1.82) is 0 Å². The Morgan fingerprint density at radius 1 is 0.339 bits per heavy atom. The van der Waals surface area contributed by atoms with Gasteiger partial charge in [-0.15, -0.1) is 5.10 Å². The molecule has 1 aromatic heterocycles. The molecular weight excluding hydrogens is 1580 g/mol. The number of hydrogen-bond acceptors (Lipinski definition) is 31. The molecule has 35 nitrogen and oxygen atoms in total. The molecule has 1 fully saturated rings. The van der Waals surface area contributed by atoms with E-state index < -0.39 is 17.4 Å². The molecule has 1 aromatic rings. The van der Waals surface area contributed by atoms with E-state index in [1.807, 2.05) is 4.68 Å². The van der Waals surface area contributed by atoms with Crippen LogP contribution >= 0.6 is 0 Å². The van der Waals surface area contributed by atoms with Crippen LogP contribution in [0.4, 0.5) is 4.79 Å². The molecular formula is C86H160N4O31. The number of Topliss-reactive ketones (excluding diaryl/α,β-unsaturated/α-hetero) is 1. The van der Waals surface area contributed by atoms with Crippen LogP contribution in [-0.2, 0) is 147 Å². The normalized spacial score (nSPS) is 15.0. The molecule has 1 saturated carbocycles. The zero-order valence-electron chi connectivity index (χ0n) is 73.9. The highest BCUT2D eigenvalue weighted by molar-refractivity contribution is 6.03. The van der Waals surface area contributed by atoms with Gasteiger partial charge in [0.05, 0.1) is 322 Å². The van der Waals surface area contributed by atoms with Crippen molar-refractivity contribution >= 4 is 23.8 Å². The fourth-order valence-electron chi connectivity index (χ4n) is 13.4. The molecule has 710 valence electrons. The van der Waals surface area contributed by atoms with Gasteiger partial charge >= 0.3 is 18.0 Å². The number of nitrogens with zero attached hydrogens (tertiary/aromatic N) is 3. The Morgan fingerprint density at radius 2 is 0.603 bits per heavy atom. The van der Waals surface area contributed by atoms with Gasteiger partial charge in [-0.1, -0.05) is 102 Å². The number of carboxylic acid groups (broad SMARTS) is 2. The molecule has 3 rings (SSSR count). The van der Waals surface area contributed by atoms with Crippen molar-refractivity contribution < 1.29 is 148 Å². The fraction of sp³-hybridized carbons (Fsp3) is 0.930. The number of nitrogens with one attached hydrogen (secondary N) is 1. The maximum Gasteiger partial charge on any atom is 0.406 e. The molecule has 0 aliphatic heterocycles. The minimum Gasteiger partial charge on any atom is -0.481 e. The van der Waals surface area contributed by atoms with E-state index in [9.17, 15) is 24.3 Å². The number of ether oxygens (including phenoxy) is 24. The largest absolute Gasteiger partial charge is 0.481 e. The first-order valence-electron chi connectivity index (χ1n) is 45.4. The first-order chi connectivity index (χ1) is 59.7. The van der Waals surface area contributed by atoms with E-state index in [-0.39, 0.29) is 31.3 Å². The Balaban J connectivity index is 0.903. The molecule has 1 heterocycles. The number of amides is 1. The topological polar surface area (TPSA) is 393 Å². The van der Waals surface area contributed by atoms with Crippen molar-refractivity contribution in [3.63, 3.8) is 0 Å². The van der Waals surface area contributed by atoms with Crippen molar-refractivity contribution in [2.24, 2.45) is 23.2 Å². The van der Waals surface area contributed by atoms with Gasteiger partial charge in [0.1, 0.15) is 11.2 Å². The first-order valence-corrected chi connectivity index (χ1v) is 45.4. The molecule has 121 heavy (non-hydrogen) atoms. The molecule has 4 N–H and O–H groups in total. The quantitative estimate of drug-likeness (QED) is 0.0354. The van der Waals surface area contributed by atoms with Gasteiger partial charge in [-0.25, -0.2) is 9.48 Å². The molecule has 0 saturated heterocycles. The predicted molar refractivity (Wildman–Crippen MR) is 448 cm³/mol. The Kier molecular flexibility index (Phi) is 78.6. The lowest BCUT2D eigenvalue weighted by Crippen LogP contribution is -2.39. The Morgan fingerprint density at radius 3 is 0.884 bits per heavy atom. The van der Waals surface area contributed by atoms with Crippen LogP contribution in [0.15, 0.2) is 0 Å². The predicted octanol–water partition coefficient (Wildman–Crippen LogP) is 8.06. The highest BCUT2D eigenvalue weighted by Crippen LogP contribution is 2.53. The molecule has 2 aliphatic carbocycles. The van der Waals surface area contributed by atoms with Crippen LogP contribution in [0.1, 0.15) is 165 Å². The number of alkyl carbamates (subject to hydrolysis) is 1. The summed E-state index contributed by atoms with van der Waals surface area (Å²) in [6.45, 7) is 22.6. The van der Waals surface area contributed by atoms with Crippen molar-refractivity contribution in [3.05, 3.63) is 11.4 Å². The number of hydrogen-bond donors (Lipinski definition) is 4. The van der Waals surface area contributed by atoms with Crippen LogP contribution in [0.5, 0.6) is 0 Å². The first kappa shape index (κ1) is 111. The van der Waals surface area contributed by atoms with Crippen LogP contribution in [0.25, 0.3) is 0 Å². The second-order valence-electron chi connectivity index (χ2n) is 29.5. The molecule has 1 unspecified atom stereocenters. The number of fused-ring (bicyclic) bond motifs is 2. The second-order valence-corrected chi connectivity index (χ2v) is 29.5. The standard InChI is InChI=1S/C86H160N4O31/c1-87-85(97)121-76-79-77-22-24-80-81(25-23-78(77)79)90(89-88-80)28-31-99-33-35-101-37-39-103-41-43-105-45-47-107-49-51-109-53-55-111-57-59-113-61-63-115-65-67-117-69-71-119-73-75-120-74-72-118-70-68-116-66-64-114-62-60-112-58-56-110-54-52-108-50-48-106-46-44-104-42-40-102-38-36-100-34-32-98-30-19-20-82(92)86(84(95)96,26-16-12-8-4-2-6-10-14-18-29-91)27-17-13-9-5-3-7-11-15-21-83(93)94/h77-79,91H,2-76H2,1H3,(H,87,97)(H,93,94)(H,95,96)/t77-,78+,79-,86?/m1/s1. The van der Waals surface area contributed by atoms with Gasteiger partial charge in [0.2, 0.25) is 0 Å². The zero-order valence-corrected chi connectivity index (χ0v) is 73.9. The average Bonchev–Trinajstić information content (AvgIpc) is 1.62. The van der Waals surface area contributed by atoms with E-state index in [0.717, 1.165) is 121 Å². The summed E-state index contributed by atoms with van der Waals surface area (Å²) in [4.78, 5) is 48.8.